The number of carbonyl (C=O) groups is 1. The second-order valence-electron chi connectivity index (χ2n) is 6.25. The van der Waals surface area contributed by atoms with Crippen LogP contribution in [0.15, 0.2) is 58.6 Å². The first-order valence-electron chi connectivity index (χ1n) is 8.78. The second-order valence-corrected chi connectivity index (χ2v) is 7.28. The standard InChI is InChI=1S/C21H14FN5OS/c22-15-3-1-2-13(8-15)6-7-24-21-27-20(28)19(29-21)10-16-4-5-17-18(26-16)9-14(11-23)12-25-17/h1-5,8-10,12H,6-7H2,(H,24,27,28)/b19-10-. The number of hydrogen-bond acceptors (Lipinski definition) is 6. The molecular formula is C21H14FN5OS. The van der Waals surface area contributed by atoms with Gasteiger partial charge in [-0.1, -0.05) is 12.1 Å². The average molecular weight is 403 g/mol. The lowest BCUT2D eigenvalue weighted by Gasteiger charge is -2.05. The molecule has 2 aromatic heterocycles. The van der Waals surface area contributed by atoms with E-state index in [0.29, 0.717) is 45.3 Å². The van der Waals surface area contributed by atoms with E-state index >= 15 is 0 Å². The highest BCUT2D eigenvalue weighted by Crippen LogP contribution is 2.27. The summed E-state index contributed by atoms with van der Waals surface area (Å²) in [5.41, 5.74) is 3.14. The lowest BCUT2D eigenvalue weighted by Crippen LogP contribution is -2.21. The zero-order chi connectivity index (χ0) is 20.2. The SMILES string of the molecule is N#Cc1cnc2ccc(/C=C3\SC(NCCc4cccc(F)c4)=NC3=O)nc2c1. The summed E-state index contributed by atoms with van der Waals surface area (Å²) in [5.74, 6) is -0.607. The molecule has 0 atom stereocenters. The van der Waals surface area contributed by atoms with Crippen molar-refractivity contribution < 1.29 is 9.18 Å². The van der Waals surface area contributed by atoms with E-state index in [9.17, 15) is 9.18 Å². The molecule has 1 amide bonds. The summed E-state index contributed by atoms with van der Waals surface area (Å²) >= 11 is 1.23. The number of aliphatic imine (C=N–C) groups is 1. The van der Waals surface area contributed by atoms with Crippen molar-refractivity contribution in [2.45, 2.75) is 6.42 Å². The van der Waals surface area contributed by atoms with Gasteiger partial charge in [-0.15, -0.1) is 0 Å². The second kappa shape index (κ2) is 8.20. The molecule has 142 valence electrons. The van der Waals surface area contributed by atoms with Crippen molar-refractivity contribution in [2.24, 2.45) is 4.99 Å². The molecule has 3 heterocycles. The summed E-state index contributed by atoms with van der Waals surface area (Å²) in [6, 6.07) is 13.7. The fraction of sp³-hybridized carbons (Fsp3) is 0.0952. The summed E-state index contributed by atoms with van der Waals surface area (Å²) < 4.78 is 13.2. The number of halogens is 1. The van der Waals surface area contributed by atoms with E-state index in [0.717, 1.165) is 5.56 Å². The van der Waals surface area contributed by atoms with Gasteiger partial charge in [0, 0.05) is 12.7 Å². The van der Waals surface area contributed by atoms with Crippen LogP contribution in [0.5, 0.6) is 0 Å². The number of nitrogens with zero attached hydrogens (tertiary/aromatic N) is 4. The van der Waals surface area contributed by atoms with E-state index in [1.54, 1.807) is 30.3 Å². The van der Waals surface area contributed by atoms with Crippen molar-refractivity contribution in [2.75, 3.05) is 6.54 Å². The van der Waals surface area contributed by atoms with Gasteiger partial charge < -0.3 is 5.32 Å². The number of fused-ring (bicyclic) bond motifs is 1. The zero-order valence-electron chi connectivity index (χ0n) is 15.1. The monoisotopic (exact) mass is 403 g/mol. The molecule has 0 saturated carbocycles. The number of pyridine rings is 2. The third-order valence-electron chi connectivity index (χ3n) is 4.17. The Hall–Kier alpha value is -3.57. The summed E-state index contributed by atoms with van der Waals surface area (Å²) in [7, 11) is 0. The van der Waals surface area contributed by atoms with E-state index in [1.807, 2.05) is 12.1 Å². The maximum absolute atomic E-state index is 13.2. The summed E-state index contributed by atoms with van der Waals surface area (Å²) in [4.78, 5) is 25.3. The van der Waals surface area contributed by atoms with Crippen molar-refractivity contribution in [3.05, 3.63) is 76.2 Å². The van der Waals surface area contributed by atoms with E-state index in [4.69, 9.17) is 5.26 Å². The third-order valence-corrected chi connectivity index (χ3v) is 5.11. The normalized spacial score (nSPS) is 14.8. The van der Waals surface area contributed by atoms with Crippen LogP contribution in [0, 0.1) is 17.1 Å². The number of aromatic nitrogens is 2. The predicted molar refractivity (Wildman–Crippen MR) is 110 cm³/mol. The molecule has 0 radical (unpaired) electrons. The maximum Gasteiger partial charge on any atom is 0.286 e. The molecule has 0 fully saturated rings. The molecule has 1 N–H and O–H groups in total. The molecule has 0 unspecified atom stereocenters. The molecule has 29 heavy (non-hydrogen) atoms. The molecule has 0 saturated heterocycles. The number of rotatable bonds is 4. The number of carbonyl (C=O) groups excluding carboxylic acids is 1. The molecule has 8 heteroatoms. The van der Waals surface area contributed by atoms with Gasteiger partial charge in [-0.05, 0) is 60.2 Å². The Morgan fingerprint density at radius 2 is 2.10 bits per heavy atom. The number of amidine groups is 1. The first kappa shape index (κ1) is 18.8. The first-order chi connectivity index (χ1) is 14.1. The molecular weight excluding hydrogens is 389 g/mol. The molecule has 1 aliphatic heterocycles. The summed E-state index contributed by atoms with van der Waals surface area (Å²) in [6.45, 7) is 0.534. The summed E-state index contributed by atoms with van der Waals surface area (Å²) in [6.07, 6.45) is 3.77. The van der Waals surface area contributed by atoms with Crippen molar-refractivity contribution in [3.8, 4) is 6.07 Å². The highest BCUT2D eigenvalue weighted by Gasteiger charge is 2.21. The largest absolute Gasteiger partial charge is 0.364 e. The van der Waals surface area contributed by atoms with Gasteiger partial charge in [-0.2, -0.15) is 10.3 Å². The predicted octanol–water partition coefficient (Wildman–Crippen LogP) is 3.44. The Labute approximate surface area is 170 Å². The van der Waals surface area contributed by atoms with Crippen LogP contribution >= 0.6 is 11.8 Å². The van der Waals surface area contributed by atoms with Crippen molar-refractivity contribution >= 4 is 39.9 Å². The zero-order valence-corrected chi connectivity index (χ0v) is 15.9. The fourth-order valence-electron chi connectivity index (χ4n) is 2.79. The van der Waals surface area contributed by atoms with E-state index in [1.165, 1.54) is 30.1 Å². The molecule has 6 nitrogen and oxygen atoms in total. The van der Waals surface area contributed by atoms with Gasteiger partial charge in [-0.25, -0.2) is 9.37 Å². The topological polar surface area (TPSA) is 91.0 Å². The van der Waals surface area contributed by atoms with Gasteiger partial charge in [0.2, 0.25) is 0 Å². The molecule has 0 spiro atoms. The molecule has 3 aromatic rings. The Balaban J connectivity index is 1.42. The molecule has 0 aliphatic carbocycles. The van der Waals surface area contributed by atoms with Gasteiger partial charge in [0.05, 0.1) is 27.2 Å². The Morgan fingerprint density at radius 1 is 1.21 bits per heavy atom. The van der Waals surface area contributed by atoms with Crippen LogP contribution in [-0.4, -0.2) is 27.6 Å². The molecule has 1 aromatic carbocycles. The van der Waals surface area contributed by atoms with Gasteiger partial charge in [0.1, 0.15) is 11.9 Å². The van der Waals surface area contributed by atoms with Crippen LogP contribution in [0.2, 0.25) is 0 Å². The van der Waals surface area contributed by atoms with Crippen molar-refractivity contribution in [1.29, 1.82) is 5.26 Å². The Morgan fingerprint density at radius 3 is 2.93 bits per heavy atom. The lowest BCUT2D eigenvalue weighted by molar-refractivity contribution is -0.113. The number of nitriles is 1. The van der Waals surface area contributed by atoms with Crippen LogP contribution in [0.1, 0.15) is 16.8 Å². The fourth-order valence-corrected chi connectivity index (χ4v) is 3.61. The summed E-state index contributed by atoms with van der Waals surface area (Å²) in [5, 5.41) is 12.6. The number of nitrogens with one attached hydrogen (secondary N) is 1. The van der Waals surface area contributed by atoms with Gasteiger partial charge >= 0.3 is 0 Å². The highest BCUT2D eigenvalue weighted by atomic mass is 32.2. The van der Waals surface area contributed by atoms with Crippen LogP contribution in [-0.2, 0) is 11.2 Å². The minimum Gasteiger partial charge on any atom is -0.364 e. The molecule has 4 rings (SSSR count). The van der Waals surface area contributed by atoms with E-state index < -0.39 is 0 Å². The quantitative estimate of drug-likeness (QED) is 0.671. The minimum atomic E-state index is -0.339. The molecule has 1 aliphatic rings. The number of thioether (sulfide) groups is 1. The van der Waals surface area contributed by atoms with Crippen molar-refractivity contribution in [1.82, 2.24) is 15.3 Å². The first-order valence-corrected chi connectivity index (χ1v) is 9.60. The van der Waals surface area contributed by atoms with E-state index in [2.05, 4.69) is 20.3 Å². The number of amides is 1. The van der Waals surface area contributed by atoms with Gasteiger partial charge in [-0.3, -0.25) is 9.78 Å². The third kappa shape index (κ3) is 4.47. The van der Waals surface area contributed by atoms with Crippen LogP contribution in [0.3, 0.4) is 0 Å². The van der Waals surface area contributed by atoms with E-state index in [-0.39, 0.29) is 11.7 Å². The minimum absolute atomic E-state index is 0.268. The number of hydrogen-bond donors (Lipinski definition) is 1. The smallest absolute Gasteiger partial charge is 0.286 e. The molecule has 0 bridgehead atoms. The van der Waals surface area contributed by atoms with Gasteiger partial charge in [0.25, 0.3) is 5.91 Å². The Bertz CT molecular complexity index is 1220. The lowest BCUT2D eigenvalue weighted by atomic mass is 10.1. The van der Waals surface area contributed by atoms with Crippen LogP contribution in [0.4, 0.5) is 4.39 Å². The maximum atomic E-state index is 13.2. The van der Waals surface area contributed by atoms with Gasteiger partial charge in [0.15, 0.2) is 5.17 Å². The van der Waals surface area contributed by atoms with Crippen LogP contribution < -0.4 is 5.32 Å². The number of benzene rings is 1. The average Bonchev–Trinajstić information content (AvgIpc) is 3.06. The highest BCUT2D eigenvalue weighted by molar-refractivity contribution is 8.18. The van der Waals surface area contributed by atoms with Crippen LogP contribution in [0.25, 0.3) is 17.1 Å². The van der Waals surface area contributed by atoms with Crippen molar-refractivity contribution in [3.63, 3.8) is 0 Å². The Kier molecular flexibility index (Phi) is 5.31.